The molecule has 1 rings (SSSR count). The Hall–Kier alpha value is -2.16. The van der Waals surface area contributed by atoms with Crippen molar-refractivity contribution in [2.45, 2.75) is 39.7 Å². The lowest BCUT2D eigenvalue weighted by Gasteiger charge is -2.19. The fourth-order valence-electron chi connectivity index (χ4n) is 1.30. The van der Waals surface area contributed by atoms with Gasteiger partial charge in [-0.05, 0) is 27.7 Å². The van der Waals surface area contributed by atoms with Crippen molar-refractivity contribution in [1.29, 1.82) is 0 Å². The van der Waals surface area contributed by atoms with Crippen LogP contribution in [0.3, 0.4) is 0 Å². The molecule has 6 heteroatoms. The number of H-pyrrole nitrogens is 1. The fourth-order valence-corrected chi connectivity index (χ4v) is 1.30. The van der Waals surface area contributed by atoms with Gasteiger partial charge in [-0.15, -0.1) is 0 Å². The van der Waals surface area contributed by atoms with Gasteiger partial charge in [0, 0.05) is 18.7 Å². The van der Waals surface area contributed by atoms with E-state index in [1.807, 2.05) is 27.7 Å². The minimum atomic E-state index is -0.488. The van der Waals surface area contributed by atoms with Crippen molar-refractivity contribution >= 4 is 11.9 Å². The molecule has 0 unspecified atom stereocenters. The number of nitrogen functional groups attached to an aromatic ring is 1. The van der Waals surface area contributed by atoms with E-state index in [1.54, 1.807) is 0 Å². The summed E-state index contributed by atoms with van der Waals surface area (Å²) in [5.74, 6) is 6.24. The number of rotatable bonds is 2. The van der Waals surface area contributed by atoms with Gasteiger partial charge in [0.2, 0.25) is 0 Å². The number of aryl methyl sites for hydroxylation is 1. The number of hydrogen-bond acceptors (Lipinski definition) is 4. The van der Waals surface area contributed by atoms with Gasteiger partial charge in [0.1, 0.15) is 5.60 Å². The third-order valence-corrected chi connectivity index (χ3v) is 2.11. The molecule has 1 aromatic heterocycles. The molecule has 4 N–H and O–H groups in total. The zero-order valence-electron chi connectivity index (χ0n) is 11.8. The van der Waals surface area contributed by atoms with Crippen LogP contribution in [0.2, 0.25) is 0 Å². The topological polar surface area (TPSA) is 93.0 Å². The Balaban J connectivity index is 2.35. The van der Waals surface area contributed by atoms with Crippen molar-refractivity contribution in [3.8, 4) is 11.8 Å². The van der Waals surface area contributed by atoms with Crippen molar-refractivity contribution < 1.29 is 9.53 Å². The number of ether oxygens (including phenoxy) is 1. The van der Waals surface area contributed by atoms with Gasteiger partial charge in [0.05, 0.1) is 5.56 Å². The minimum Gasteiger partial charge on any atom is -0.444 e. The number of aromatic nitrogens is 2. The van der Waals surface area contributed by atoms with Crippen molar-refractivity contribution in [3.05, 3.63) is 11.3 Å². The van der Waals surface area contributed by atoms with Crippen LogP contribution in [-0.2, 0) is 4.74 Å². The minimum absolute atomic E-state index is 0.394. The largest absolute Gasteiger partial charge is 0.444 e. The molecule has 19 heavy (non-hydrogen) atoms. The molecule has 0 aliphatic rings. The number of nitrogens with two attached hydrogens (primary N) is 1. The highest BCUT2D eigenvalue weighted by molar-refractivity contribution is 5.67. The van der Waals surface area contributed by atoms with Crippen molar-refractivity contribution in [3.63, 3.8) is 0 Å². The molecule has 0 radical (unpaired) electrons. The second kappa shape index (κ2) is 6.14. The van der Waals surface area contributed by atoms with E-state index in [2.05, 4.69) is 27.4 Å². The monoisotopic (exact) mass is 264 g/mol. The van der Waals surface area contributed by atoms with Crippen LogP contribution in [0, 0.1) is 18.8 Å². The molecule has 0 saturated heterocycles. The predicted octanol–water partition coefficient (Wildman–Crippen LogP) is 1.57. The van der Waals surface area contributed by atoms with Gasteiger partial charge in [0.15, 0.2) is 5.82 Å². The van der Waals surface area contributed by atoms with Crippen LogP contribution in [0.5, 0.6) is 0 Å². The average Bonchev–Trinajstić information content (AvgIpc) is 2.57. The molecule has 0 aliphatic carbocycles. The molecule has 1 amide bonds. The first kappa shape index (κ1) is 14.9. The fraction of sp³-hybridized carbons (Fsp3) is 0.538. The normalized spacial score (nSPS) is 10.5. The maximum atomic E-state index is 11.3. The summed E-state index contributed by atoms with van der Waals surface area (Å²) in [7, 11) is 0. The number of amides is 1. The zero-order valence-corrected chi connectivity index (χ0v) is 11.8. The lowest BCUT2D eigenvalue weighted by molar-refractivity contribution is 0.0529. The van der Waals surface area contributed by atoms with E-state index >= 15 is 0 Å². The van der Waals surface area contributed by atoms with Crippen LogP contribution in [0.4, 0.5) is 10.6 Å². The Bertz CT molecular complexity index is 483. The Morgan fingerprint density at radius 1 is 1.53 bits per heavy atom. The quantitative estimate of drug-likeness (QED) is 0.558. The summed E-state index contributed by atoms with van der Waals surface area (Å²) in [6, 6.07) is 0. The van der Waals surface area contributed by atoms with Gasteiger partial charge in [-0.1, -0.05) is 11.8 Å². The van der Waals surface area contributed by atoms with Gasteiger partial charge >= 0.3 is 6.09 Å². The Kier molecular flexibility index (Phi) is 4.81. The van der Waals surface area contributed by atoms with Crippen molar-refractivity contribution in [2.24, 2.45) is 0 Å². The Morgan fingerprint density at radius 2 is 2.21 bits per heavy atom. The molecule has 0 saturated carbocycles. The molecule has 1 heterocycles. The number of aromatic amines is 1. The Morgan fingerprint density at radius 3 is 2.74 bits per heavy atom. The van der Waals surface area contributed by atoms with Gasteiger partial charge in [-0.3, -0.25) is 5.10 Å². The van der Waals surface area contributed by atoms with E-state index in [0.29, 0.717) is 24.3 Å². The zero-order chi connectivity index (χ0) is 14.5. The number of alkyl carbamates (subject to hydrolysis) is 1. The summed E-state index contributed by atoms with van der Waals surface area (Å²) in [5, 5.41) is 9.23. The van der Waals surface area contributed by atoms with E-state index < -0.39 is 11.7 Å². The Labute approximate surface area is 113 Å². The highest BCUT2D eigenvalue weighted by atomic mass is 16.6. The lowest BCUT2D eigenvalue weighted by atomic mass is 10.2. The van der Waals surface area contributed by atoms with Crippen molar-refractivity contribution in [2.75, 3.05) is 12.3 Å². The highest BCUT2D eigenvalue weighted by Gasteiger charge is 2.15. The third kappa shape index (κ3) is 5.34. The second-order valence-electron chi connectivity index (χ2n) is 5.09. The standard InChI is InChI=1S/C13H20N4O2/c1-9-10(11(14)17-16-9)7-5-6-8-15-12(18)19-13(2,3)4/h6,8H2,1-4H3,(H,15,18)(H3,14,16,17). The maximum absolute atomic E-state index is 11.3. The van der Waals surface area contributed by atoms with E-state index in [9.17, 15) is 4.79 Å². The molecule has 0 fully saturated rings. The smallest absolute Gasteiger partial charge is 0.407 e. The molecule has 0 aliphatic heterocycles. The highest BCUT2D eigenvalue weighted by Crippen LogP contribution is 2.09. The molecular weight excluding hydrogens is 244 g/mol. The van der Waals surface area contributed by atoms with Crippen LogP contribution < -0.4 is 11.1 Å². The van der Waals surface area contributed by atoms with E-state index in [-0.39, 0.29) is 0 Å². The first-order valence-corrected chi connectivity index (χ1v) is 6.06. The van der Waals surface area contributed by atoms with Crippen LogP contribution in [0.15, 0.2) is 0 Å². The van der Waals surface area contributed by atoms with Crippen molar-refractivity contribution in [1.82, 2.24) is 15.5 Å². The molecule has 6 nitrogen and oxygen atoms in total. The van der Waals surface area contributed by atoms with Crippen LogP contribution >= 0.6 is 0 Å². The number of carbonyl (C=O) groups is 1. The predicted molar refractivity (Wildman–Crippen MR) is 73.5 cm³/mol. The second-order valence-corrected chi connectivity index (χ2v) is 5.09. The summed E-state index contributed by atoms with van der Waals surface area (Å²) >= 11 is 0. The van der Waals surface area contributed by atoms with Crippen LogP contribution in [-0.4, -0.2) is 28.4 Å². The molecule has 0 bridgehead atoms. The first-order chi connectivity index (χ1) is 8.79. The number of nitrogens with one attached hydrogen (secondary N) is 2. The average molecular weight is 264 g/mol. The summed E-state index contributed by atoms with van der Waals surface area (Å²) in [5.41, 5.74) is 6.70. The summed E-state index contributed by atoms with van der Waals surface area (Å²) in [4.78, 5) is 11.3. The SMILES string of the molecule is Cc1[nH]nc(N)c1C#CCCNC(=O)OC(C)(C)C. The van der Waals surface area contributed by atoms with Gasteiger partial charge in [0.25, 0.3) is 0 Å². The number of hydrogen-bond donors (Lipinski definition) is 3. The summed E-state index contributed by atoms with van der Waals surface area (Å²) in [6.07, 6.45) is 0.0804. The van der Waals surface area contributed by atoms with Crippen LogP contribution in [0.25, 0.3) is 0 Å². The van der Waals surface area contributed by atoms with Gasteiger partial charge in [-0.2, -0.15) is 5.10 Å². The number of carbonyl (C=O) groups excluding carboxylic acids is 1. The molecule has 1 aromatic rings. The number of nitrogens with zero attached hydrogens (tertiary/aromatic N) is 1. The van der Waals surface area contributed by atoms with E-state index in [1.165, 1.54) is 0 Å². The summed E-state index contributed by atoms with van der Waals surface area (Å²) in [6.45, 7) is 7.73. The van der Waals surface area contributed by atoms with Crippen LogP contribution in [0.1, 0.15) is 38.4 Å². The molecule has 104 valence electrons. The molecular formula is C13H20N4O2. The number of anilines is 1. The maximum Gasteiger partial charge on any atom is 0.407 e. The lowest BCUT2D eigenvalue weighted by Crippen LogP contribution is -2.32. The van der Waals surface area contributed by atoms with E-state index in [0.717, 1.165) is 5.69 Å². The van der Waals surface area contributed by atoms with Gasteiger partial charge < -0.3 is 15.8 Å². The molecule has 0 spiro atoms. The first-order valence-electron chi connectivity index (χ1n) is 6.06. The molecule has 0 atom stereocenters. The third-order valence-electron chi connectivity index (χ3n) is 2.11. The van der Waals surface area contributed by atoms with Gasteiger partial charge in [-0.25, -0.2) is 4.79 Å². The molecule has 0 aromatic carbocycles. The van der Waals surface area contributed by atoms with E-state index in [4.69, 9.17) is 10.5 Å². The summed E-state index contributed by atoms with van der Waals surface area (Å²) < 4.78 is 5.10.